The Kier molecular flexibility index (Phi) is 3.62. The van der Waals surface area contributed by atoms with E-state index in [1.807, 2.05) is 18.2 Å². The highest BCUT2D eigenvalue weighted by Crippen LogP contribution is 2.37. The molecule has 3 rings (SSSR count). The van der Waals surface area contributed by atoms with E-state index in [2.05, 4.69) is 17.5 Å². The molecule has 0 aromatic heterocycles. The van der Waals surface area contributed by atoms with E-state index in [0.717, 1.165) is 24.8 Å². The molecule has 0 saturated heterocycles. The average Bonchev–Trinajstić information content (AvgIpc) is 2.70. The highest BCUT2D eigenvalue weighted by atomic mass is 19.1. The Morgan fingerprint density at radius 2 is 1.81 bits per heavy atom. The van der Waals surface area contributed by atoms with Crippen molar-refractivity contribution in [3.05, 3.63) is 65.5 Å². The zero-order valence-corrected chi connectivity index (χ0v) is 11.8. The van der Waals surface area contributed by atoms with E-state index in [1.165, 1.54) is 11.6 Å². The topological polar surface area (TPSA) is 35.8 Å². The maximum Gasteiger partial charge on any atom is 0.151 e. The van der Waals surface area contributed by atoms with Gasteiger partial charge in [-0.25, -0.2) is 4.39 Å². The summed E-state index contributed by atoms with van der Waals surface area (Å²) < 4.78 is 14.0. The normalized spacial score (nSPS) is 21.0. The SMILES string of the molecule is N#CC1(Nc2ccccc2F)CCCCc2ccccc21. The lowest BCUT2D eigenvalue weighted by Crippen LogP contribution is -2.34. The van der Waals surface area contributed by atoms with Gasteiger partial charge in [-0.2, -0.15) is 5.26 Å². The van der Waals surface area contributed by atoms with Crippen LogP contribution in [-0.2, 0) is 12.0 Å². The van der Waals surface area contributed by atoms with Crippen molar-refractivity contribution in [2.45, 2.75) is 31.2 Å². The predicted molar refractivity (Wildman–Crippen MR) is 81.3 cm³/mol. The molecule has 106 valence electrons. The molecule has 0 fully saturated rings. The first-order valence-electron chi connectivity index (χ1n) is 7.27. The van der Waals surface area contributed by atoms with Crippen LogP contribution in [0.15, 0.2) is 48.5 Å². The van der Waals surface area contributed by atoms with Gasteiger partial charge in [-0.05, 0) is 48.9 Å². The van der Waals surface area contributed by atoms with E-state index in [-0.39, 0.29) is 5.82 Å². The number of anilines is 1. The van der Waals surface area contributed by atoms with Crippen LogP contribution < -0.4 is 5.32 Å². The summed E-state index contributed by atoms with van der Waals surface area (Å²) in [6, 6.07) is 16.9. The minimum Gasteiger partial charge on any atom is -0.361 e. The number of para-hydroxylation sites is 1. The molecule has 1 aliphatic carbocycles. The molecule has 0 aliphatic heterocycles. The van der Waals surface area contributed by atoms with Gasteiger partial charge in [0.15, 0.2) is 5.54 Å². The number of nitrogens with one attached hydrogen (secondary N) is 1. The molecule has 1 N–H and O–H groups in total. The Hall–Kier alpha value is -2.34. The van der Waals surface area contributed by atoms with Gasteiger partial charge in [0.1, 0.15) is 5.82 Å². The third-order valence-corrected chi connectivity index (χ3v) is 4.14. The molecular weight excluding hydrogens is 263 g/mol. The molecule has 2 aromatic rings. The standard InChI is InChI=1S/C18H17FN2/c19-16-10-3-4-11-17(16)21-18(13-20)12-6-5-8-14-7-1-2-9-15(14)18/h1-4,7,9-11,21H,5-6,8,12H2. The number of nitrogens with zero attached hydrogens (tertiary/aromatic N) is 1. The molecule has 3 heteroatoms. The first-order chi connectivity index (χ1) is 10.2. The monoisotopic (exact) mass is 280 g/mol. The Balaban J connectivity index is 2.08. The zero-order valence-electron chi connectivity index (χ0n) is 11.8. The second kappa shape index (κ2) is 5.57. The molecule has 0 saturated carbocycles. The van der Waals surface area contributed by atoms with Gasteiger partial charge < -0.3 is 5.32 Å². The van der Waals surface area contributed by atoms with Gasteiger partial charge >= 0.3 is 0 Å². The second-order valence-corrected chi connectivity index (χ2v) is 5.49. The highest BCUT2D eigenvalue weighted by molar-refractivity contribution is 5.54. The van der Waals surface area contributed by atoms with E-state index in [0.29, 0.717) is 12.1 Å². The van der Waals surface area contributed by atoms with E-state index in [4.69, 9.17) is 0 Å². The van der Waals surface area contributed by atoms with Gasteiger partial charge in [0.25, 0.3) is 0 Å². The smallest absolute Gasteiger partial charge is 0.151 e. The van der Waals surface area contributed by atoms with Crippen LogP contribution >= 0.6 is 0 Å². The van der Waals surface area contributed by atoms with Gasteiger partial charge in [-0.15, -0.1) is 0 Å². The lowest BCUT2D eigenvalue weighted by atomic mass is 9.85. The molecule has 2 aromatic carbocycles. The molecule has 2 nitrogen and oxygen atoms in total. The highest BCUT2D eigenvalue weighted by Gasteiger charge is 2.35. The van der Waals surface area contributed by atoms with Crippen LogP contribution in [0.2, 0.25) is 0 Å². The molecule has 1 unspecified atom stereocenters. The summed E-state index contributed by atoms with van der Waals surface area (Å²) in [5.74, 6) is -0.325. The van der Waals surface area contributed by atoms with E-state index in [9.17, 15) is 9.65 Å². The number of fused-ring (bicyclic) bond motifs is 1. The van der Waals surface area contributed by atoms with Crippen molar-refractivity contribution in [1.82, 2.24) is 0 Å². The molecule has 21 heavy (non-hydrogen) atoms. The van der Waals surface area contributed by atoms with Crippen LogP contribution in [0.3, 0.4) is 0 Å². The molecule has 0 heterocycles. The molecule has 0 spiro atoms. The van der Waals surface area contributed by atoms with E-state index in [1.54, 1.807) is 18.2 Å². The Labute approximate surface area is 124 Å². The molecule has 0 radical (unpaired) electrons. The minimum absolute atomic E-state index is 0.325. The number of hydrogen-bond donors (Lipinski definition) is 1. The Morgan fingerprint density at radius 3 is 2.62 bits per heavy atom. The van der Waals surface area contributed by atoms with Crippen LogP contribution in [0.1, 0.15) is 30.4 Å². The van der Waals surface area contributed by atoms with E-state index >= 15 is 0 Å². The third-order valence-electron chi connectivity index (χ3n) is 4.14. The fourth-order valence-corrected chi connectivity index (χ4v) is 3.06. The summed E-state index contributed by atoms with van der Waals surface area (Å²) in [4.78, 5) is 0. The average molecular weight is 280 g/mol. The summed E-state index contributed by atoms with van der Waals surface area (Å²) in [6.07, 6.45) is 3.66. The summed E-state index contributed by atoms with van der Waals surface area (Å²) in [5, 5.41) is 13.0. The quantitative estimate of drug-likeness (QED) is 0.828. The zero-order chi connectivity index (χ0) is 14.7. The van der Waals surface area contributed by atoms with Crippen LogP contribution in [0.4, 0.5) is 10.1 Å². The van der Waals surface area contributed by atoms with Crippen molar-refractivity contribution in [2.75, 3.05) is 5.32 Å². The first-order valence-corrected chi connectivity index (χ1v) is 7.27. The van der Waals surface area contributed by atoms with Crippen LogP contribution in [0.5, 0.6) is 0 Å². The Morgan fingerprint density at radius 1 is 1.05 bits per heavy atom. The van der Waals surface area contributed by atoms with Gasteiger partial charge in [0.2, 0.25) is 0 Å². The van der Waals surface area contributed by atoms with Crippen molar-refractivity contribution < 1.29 is 4.39 Å². The van der Waals surface area contributed by atoms with Gasteiger partial charge in [0, 0.05) is 0 Å². The fraction of sp³-hybridized carbons (Fsp3) is 0.278. The number of hydrogen-bond acceptors (Lipinski definition) is 2. The molecule has 1 aliphatic rings. The largest absolute Gasteiger partial charge is 0.361 e. The van der Waals surface area contributed by atoms with Gasteiger partial charge in [-0.3, -0.25) is 0 Å². The van der Waals surface area contributed by atoms with E-state index < -0.39 is 5.54 Å². The van der Waals surface area contributed by atoms with Crippen molar-refractivity contribution in [2.24, 2.45) is 0 Å². The molecular formula is C18H17FN2. The number of aryl methyl sites for hydroxylation is 1. The Bertz CT molecular complexity index is 690. The first kappa shape index (κ1) is 13.6. The van der Waals surface area contributed by atoms with Crippen LogP contribution in [0.25, 0.3) is 0 Å². The third kappa shape index (κ3) is 2.50. The number of halogens is 1. The van der Waals surface area contributed by atoms with Gasteiger partial charge in [-0.1, -0.05) is 36.4 Å². The summed E-state index contributed by atoms with van der Waals surface area (Å²) in [7, 11) is 0. The lowest BCUT2D eigenvalue weighted by molar-refractivity contribution is 0.539. The van der Waals surface area contributed by atoms with Crippen molar-refractivity contribution in [1.29, 1.82) is 5.26 Å². The maximum absolute atomic E-state index is 14.0. The van der Waals surface area contributed by atoms with Crippen LogP contribution in [-0.4, -0.2) is 0 Å². The minimum atomic E-state index is -0.852. The van der Waals surface area contributed by atoms with Crippen LogP contribution in [0, 0.1) is 17.1 Å². The molecule has 0 bridgehead atoms. The summed E-state index contributed by atoms with van der Waals surface area (Å²) >= 11 is 0. The predicted octanol–water partition coefficient (Wildman–Crippen LogP) is 4.38. The molecule has 0 amide bonds. The second-order valence-electron chi connectivity index (χ2n) is 5.49. The fourth-order valence-electron chi connectivity index (χ4n) is 3.06. The summed E-state index contributed by atoms with van der Waals surface area (Å²) in [5.41, 5.74) is 1.69. The maximum atomic E-state index is 14.0. The number of benzene rings is 2. The summed E-state index contributed by atoms with van der Waals surface area (Å²) in [6.45, 7) is 0. The lowest BCUT2D eigenvalue weighted by Gasteiger charge is -2.30. The van der Waals surface area contributed by atoms with Crippen molar-refractivity contribution >= 4 is 5.69 Å². The van der Waals surface area contributed by atoms with Gasteiger partial charge in [0.05, 0.1) is 11.8 Å². The van der Waals surface area contributed by atoms with Crippen molar-refractivity contribution in [3.63, 3.8) is 0 Å². The number of nitriles is 1. The molecule has 1 atom stereocenters. The number of rotatable bonds is 2. The van der Waals surface area contributed by atoms with Crippen molar-refractivity contribution in [3.8, 4) is 6.07 Å².